The first-order valence-corrected chi connectivity index (χ1v) is 5.85. The van der Waals surface area contributed by atoms with E-state index in [9.17, 15) is 9.90 Å². The lowest BCUT2D eigenvalue weighted by Gasteiger charge is -2.20. The van der Waals surface area contributed by atoms with Crippen LogP contribution >= 0.6 is 15.9 Å². The molecule has 17 heavy (non-hydrogen) atoms. The van der Waals surface area contributed by atoms with Crippen molar-refractivity contribution in [1.82, 2.24) is 5.32 Å². The molecule has 0 aliphatic carbocycles. The van der Waals surface area contributed by atoms with Gasteiger partial charge in [-0.25, -0.2) is 0 Å². The lowest BCUT2D eigenvalue weighted by atomic mass is 10.0. The van der Waals surface area contributed by atoms with Gasteiger partial charge in [-0.15, -0.1) is 6.42 Å². The van der Waals surface area contributed by atoms with Gasteiger partial charge in [0.25, 0.3) is 5.91 Å². The summed E-state index contributed by atoms with van der Waals surface area (Å²) in [5.41, 5.74) is 0.0861. The summed E-state index contributed by atoms with van der Waals surface area (Å²) in [4.78, 5) is 12.0. The van der Waals surface area contributed by atoms with Gasteiger partial charge in [0, 0.05) is 4.47 Å². The first-order chi connectivity index (χ1) is 7.76. The topological polar surface area (TPSA) is 49.3 Å². The number of terminal acetylenes is 1. The van der Waals surface area contributed by atoms with Crippen molar-refractivity contribution in [2.24, 2.45) is 0 Å². The van der Waals surface area contributed by atoms with Gasteiger partial charge in [-0.1, -0.05) is 21.9 Å². The minimum Gasteiger partial charge on any atom is -0.507 e. The normalized spacial score (nSPS) is 10.8. The van der Waals surface area contributed by atoms with E-state index in [2.05, 4.69) is 27.2 Å². The summed E-state index contributed by atoms with van der Waals surface area (Å²) >= 11 is 3.28. The Labute approximate surface area is 109 Å². The molecule has 1 amide bonds. The number of carbonyl (C=O) groups is 1. The number of aromatic hydroxyl groups is 1. The Hall–Kier alpha value is -1.47. The molecular formula is C13H14BrNO2. The monoisotopic (exact) mass is 295 g/mol. The highest BCUT2D eigenvalue weighted by molar-refractivity contribution is 9.10. The molecule has 0 fully saturated rings. The van der Waals surface area contributed by atoms with Crippen LogP contribution in [0.4, 0.5) is 0 Å². The highest BCUT2D eigenvalue weighted by Crippen LogP contribution is 2.26. The molecule has 0 unspecified atom stereocenters. The standard InChI is InChI=1S/C13H14BrNO2/c1-5-13(3,4)15-12(17)10-7-9(14)6-8(2)11(10)16/h1,6-7,16H,2-4H3,(H,15,17). The zero-order chi connectivity index (χ0) is 13.2. The largest absolute Gasteiger partial charge is 0.507 e. The molecule has 0 spiro atoms. The van der Waals surface area contributed by atoms with Crippen LogP contribution in [0.25, 0.3) is 0 Å². The number of phenols is 1. The van der Waals surface area contributed by atoms with Crippen LogP contribution in [0.3, 0.4) is 0 Å². The van der Waals surface area contributed by atoms with Crippen LogP contribution in [-0.2, 0) is 0 Å². The predicted molar refractivity (Wildman–Crippen MR) is 70.9 cm³/mol. The Balaban J connectivity index is 3.10. The van der Waals surface area contributed by atoms with Gasteiger partial charge in [0.2, 0.25) is 0 Å². The van der Waals surface area contributed by atoms with Gasteiger partial charge in [-0.2, -0.15) is 0 Å². The molecule has 0 aromatic heterocycles. The van der Waals surface area contributed by atoms with E-state index in [0.29, 0.717) is 5.56 Å². The average molecular weight is 296 g/mol. The highest BCUT2D eigenvalue weighted by atomic mass is 79.9. The fraction of sp³-hybridized carbons (Fsp3) is 0.308. The van der Waals surface area contributed by atoms with Crippen LogP contribution in [0.2, 0.25) is 0 Å². The number of benzene rings is 1. The Morgan fingerprint density at radius 3 is 2.65 bits per heavy atom. The fourth-order valence-electron chi connectivity index (χ4n) is 1.30. The third kappa shape index (κ3) is 3.24. The Kier molecular flexibility index (Phi) is 3.84. The molecule has 1 aromatic rings. The van der Waals surface area contributed by atoms with Gasteiger partial charge in [-0.05, 0) is 38.5 Å². The van der Waals surface area contributed by atoms with Crippen molar-refractivity contribution in [2.45, 2.75) is 26.3 Å². The van der Waals surface area contributed by atoms with Gasteiger partial charge in [0.15, 0.2) is 0 Å². The van der Waals surface area contributed by atoms with Crippen molar-refractivity contribution in [1.29, 1.82) is 0 Å². The van der Waals surface area contributed by atoms with Gasteiger partial charge in [0.05, 0.1) is 11.1 Å². The van der Waals surface area contributed by atoms with E-state index in [4.69, 9.17) is 6.42 Å². The molecular weight excluding hydrogens is 282 g/mol. The second-order valence-electron chi connectivity index (χ2n) is 4.34. The van der Waals surface area contributed by atoms with Crippen molar-refractivity contribution >= 4 is 21.8 Å². The molecule has 0 atom stereocenters. The van der Waals surface area contributed by atoms with Gasteiger partial charge >= 0.3 is 0 Å². The number of aryl methyl sites for hydroxylation is 1. The van der Waals surface area contributed by atoms with Crippen molar-refractivity contribution in [3.05, 3.63) is 27.7 Å². The van der Waals surface area contributed by atoms with E-state index >= 15 is 0 Å². The van der Waals surface area contributed by atoms with Crippen LogP contribution in [0.15, 0.2) is 16.6 Å². The Morgan fingerprint density at radius 1 is 1.53 bits per heavy atom. The minimum atomic E-state index is -0.750. The highest BCUT2D eigenvalue weighted by Gasteiger charge is 2.21. The quantitative estimate of drug-likeness (QED) is 0.824. The van der Waals surface area contributed by atoms with Crippen LogP contribution in [0.5, 0.6) is 5.75 Å². The van der Waals surface area contributed by atoms with Crippen LogP contribution < -0.4 is 5.32 Å². The van der Waals surface area contributed by atoms with E-state index in [1.54, 1.807) is 32.9 Å². The number of rotatable bonds is 2. The third-order valence-corrected chi connectivity index (χ3v) is 2.75. The molecule has 90 valence electrons. The number of hydrogen-bond donors (Lipinski definition) is 2. The molecule has 4 heteroatoms. The van der Waals surface area contributed by atoms with Crippen LogP contribution in [0.1, 0.15) is 29.8 Å². The van der Waals surface area contributed by atoms with E-state index in [0.717, 1.165) is 4.47 Å². The van der Waals surface area contributed by atoms with E-state index in [1.165, 1.54) is 0 Å². The molecule has 0 radical (unpaired) electrons. The summed E-state index contributed by atoms with van der Waals surface area (Å²) < 4.78 is 0.733. The average Bonchev–Trinajstić information content (AvgIpc) is 2.22. The summed E-state index contributed by atoms with van der Waals surface area (Å²) in [5, 5.41) is 12.5. The van der Waals surface area contributed by atoms with Gasteiger partial charge in [-0.3, -0.25) is 4.79 Å². The summed E-state index contributed by atoms with van der Waals surface area (Å²) in [6.07, 6.45) is 5.29. The molecule has 3 nitrogen and oxygen atoms in total. The fourth-order valence-corrected chi connectivity index (χ4v) is 1.87. The second kappa shape index (κ2) is 4.80. The summed E-state index contributed by atoms with van der Waals surface area (Å²) in [5.74, 6) is 2.04. The van der Waals surface area contributed by atoms with E-state index < -0.39 is 11.4 Å². The van der Waals surface area contributed by atoms with E-state index in [1.807, 2.05) is 0 Å². The van der Waals surface area contributed by atoms with Gasteiger partial charge in [0.1, 0.15) is 5.75 Å². The maximum absolute atomic E-state index is 12.0. The molecule has 0 aliphatic heterocycles. The third-order valence-electron chi connectivity index (χ3n) is 2.30. The zero-order valence-corrected chi connectivity index (χ0v) is 11.6. The second-order valence-corrected chi connectivity index (χ2v) is 5.26. The lowest BCUT2D eigenvalue weighted by Crippen LogP contribution is -2.42. The Bertz CT molecular complexity index is 501. The molecule has 0 saturated heterocycles. The number of halogens is 1. The maximum Gasteiger partial charge on any atom is 0.256 e. The number of carbonyl (C=O) groups excluding carboxylic acids is 1. The van der Waals surface area contributed by atoms with Crippen molar-refractivity contribution < 1.29 is 9.90 Å². The van der Waals surface area contributed by atoms with Crippen molar-refractivity contribution in [3.63, 3.8) is 0 Å². The maximum atomic E-state index is 12.0. The van der Waals surface area contributed by atoms with Crippen molar-refractivity contribution in [2.75, 3.05) is 0 Å². The summed E-state index contributed by atoms with van der Waals surface area (Å²) in [6.45, 7) is 5.16. The van der Waals surface area contributed by atoms with Crippen LogP contribution in [0, 0.1) is 19.3 Å². The van der Waals surface area contributed by atoms with E-state index in [-0.39, 0.29) is 11.3 Å². The number of amides is 1. The molecule has 0 saturated carbocycles. The number of phenolic OH excluding ortho intramolecular Hbond substituents is 1. The number of hydrogen-bond acceptors (Lipinski definition) is 2. The summed E-state index contributed by atoms with van der Waals surface area (Å²) in [7, 11) is 0. The molecule has 2 N–H and O–H groups in total. The molecule has 1 rings (SSSR count). The number of nitrogens with one attached hydrogen (secondary N) is 1. The molecule has 0 heterocycles. The van der Waals surface area contributed by atoms with Crippen LogP contribution in [-0.4, -0.2) is 16.6 Å². The lowest BCUT2D eigenvalue weighted by molar-refractivity contribution is 0.0927. The molecule has 0 aliphatic rings. The zero-order valence-electron chi connectivity index (χ0n) is 9.97. The predicted octanol–water partition coefficient (Wildman–Crippen LogP) is 2.60. The first-order valence-electron chi connectivity index (χ1n) is 5.06. The van der Waals surface area contributed by atoms with Crippen molar-refractivity contribution in [3.8, 4) is 18.1 Å². The van der Waals surface area contributed by atoms with Gasteiger partial charge < -0.3 is 10.4 Å². The molecule has 0 bridgehead atoms. The minimum absolute atomic E-state index is 0.0291. The molecule has 1 aromatic carbocycles. The first kappa shape index (κ1) is 13.6. The smallest absolute Gasteiger partial charge is 0.256 e. The SMILES string of the molecule is C#CC(C)(C)NC(=O)c1cc(Br)cc(C)c1O. The summed E-state index contributed by atoms with van der Waals surface area (Å²) in [6, 6.07) is 3.29. The Morgan fingerprint density at radius 2 is 2.12 bits per heavy atom.